The smallest absolute Gasteiger partial charge is 0.251 e. The third-order valence-corrected chi connectivity index (χ3v) is 4.08. The molecule has 1 aromatic rings. The molecule has 2 atom stereocenters. The first-order valence-corrected chi connectivity index (χ1v) is 7.37. The number of benzene rings is 1. The fraction of sp³-hybridized carbons (Fsp3) is 0.500. The average Bonchev–Trinajstić information content (AvgIpc) is 2.81. The maximum Gasteiger partial charge on any atom is 0.251 e. The summed E-state index contributed by atoms with van der Waals surface area (Å²) in [5.41, 5.74) is 1.88. The van der Waals surface area contributed by atoms with Crippen LogP contribution in [0.1, 0.15) is 29.3 Å². The molecule has 0 aliphatic carbocycles. The van der Waals surface area contributed by atoms with Crippen molar-refractivity contribution in [3.8, 4) is 0 Å². The molecule has 18 heavy (non-hydrogen) atoms. The fourth-order valence-electron chi connectivity index (χ4n) is 2.12. The van der Waals surface area contributed by atoms with E-state index in [1.807, 2.05) is 24.3 Å². The number of alkyl halides is 1. The van der Waals surface area contributed by atoms with E-state index in [2.05, 4.69) is 28.2 Å². The molecule has 2 unspecified atom stereocenters. The second kappa shape index (κ2) is 6.34. The lowest BCUT2D eigenvalue weighted by atomic mass is 10.0. The molecule has 0 aromatic heterocycles. The Morgan fingerprint density at radius 3 is 2.72 bits per heavy atom. The summed E-state index contributed by atoms with van der Waals surface area (Å²) in [5.74, 6) is 0.436. The lowest BCUT2D eigenvalue weighted by molar-refractivity contribution is 0.0907. The summed E-state index contributed by atoms with van der Waals surface area (Å²) in [7, 11) is 0. The Bertz CT molecular complexity index is 405. The predicted octanol–water partition coefficient (Wildman–Crippen LogP) is 2.74. The van der Waals surface area contributed by atoms with Gasteiger partial charge in [-0.15, -0.1) is 0 Å². The molecule has 0 spiro atoms. The van der Waals surface area contributed by atoms with Crippen molar-refractivity contribution in [1.29, 1.82) is 0 Å². The lowest BCUT2D eigenvalue weighted by Crippen LogP contribution is -2.31. The highest BCUT2D eigenvalue weighted by molar-refractivity contribution is 9.08. The van der Waals surface area contributed by atoms with E-state index in [4.69, 9.17) is 4.74 Å². The molecule has 1 aliphatic rings. The summed E-state index contributed by atoms with van der Waals surface area (Å²) >= 11 is 3.39. The molecule has 1 fully saturated rings. The number of hydrogen-bond donors (Lipinski definition) is 1. The van der Waals surface area contributed by atoms with Gasteiger partial charge in [0.25, 0.3) is 5.91 Å². The van der Waals surface area contributed by atoms with Crippen LogP contribution in [0.5, 0.6) is 0 Å². The van der Waals surface area contributed by atoms with Gasteiger partial charge in [-0.05, 0) is 31.0 Å². The van der Waals surface area contributed by atoms with Crippen LogP contribution in [0, 0.1) is 5.92 Å². The summed E-state index contributed by atoms with van der Waals surface area (Å²) in [6, 6.07) is 7.65. The van der Waals surface area contributed by atoms with Gasteiger partial charge in [0.05, 0.1) is 6.10 Å². The van der Waals surface area contributed by atoms with Crippen molar-refractivity contribution in [3.05, 3.63) is 35.4 Å². The Kier molecular flexibility index (Phi) is 4.78. The Hall–Kier alpha value is -0.870. The number of nitrogens with one attached hydrogen (secondary N) is 1. The number of carbonyl (C=O) groups excluding carboxylic acids is 1. The third-order valence-electron chi connectivity index (χ3n) is 3.43. The topological polar surface area (TPSA) is 38.3 Å². The summed E-state index contributed by atoms with van der Waals surface area (Å²) in [6.45, 7) is 3.57. The van der Waals surface area contributed by atoms with E-state index in [9.17, 15) is 4.79 Å². The van der Waals surface area contributed by atoms with Gasteiger partial charge in [-0.3, -0.25) is 4.79 Å². The van der Waals surface area contributed by atoms with Gasteiger partial charge in [-0.2, -0.15) is 0 Å². The molecule has 0 bridgehead atoms. The van der Waals surface area contributed by atoms with Gasteiger partial charge in [0.2, 0.25) is 0 Å². The zero-order valence-corrected chi connectivity index (χ0v) is 12.1. The Morgan fingerprint density at radius 1 is 1.44 bits per heavy atom. The van der Waals surface area contributed by atoms with Crippen LogP contribution in [-0.4, -0.2) is 25.2 Å². The first-order chi connectivity index (χ1) is 8.70. The highest BCUT2D eigenvalue weighted by Gasteiger charge is 2.24. The molecular formula is C14H18BrNO2. The molecule has 4 heteroatoms. The molecule has 1 N–H and O–H groups in total. The van der Waals surface area contributed by atoms with Gasteiger partial charge in [0.15, 0.2) is 0 Å². The zero-order chi connectivity index (χ0) is 13.0. The molecular weight excluding hydrogens is 294 g/mol. The lowest BCUT2D eigenvalue weighted by Gasteiger charge is -2.14. The number of halogens is 1. The van der Waals surface area contributed by atoms with Crippen LogP contribution in [0.15, 0.2) is 24.3 Å². The van der Waals surface area contributed by atoms with Crippen molar-refractivity contribution in [3.63, 3.8) is 0 Å². The van der Waals surface area contributed by atoms with E-state index in [0.29, 0.717) is 18.0 Å². The maximum absolute atomic E-state index is 11.9. The summed E-state index contributed by atoms with van der Waals surface area (Å²) in [6.07, 6.45) is 1.28. The van der Waals surface area contributed by atoms with Crippen molar-refractivity contribution in [1.82, 2.24) is 5.32 Å². The van der Waals surface area contributed by atoms with Gasteiger partial charge < -0.3 is 10.1 Å². The standard InChI is InChI=1S/C14H18BrNO2/c1-10-13(6-7-18-10)9-16-14(17)12-4-2-11(8-15)3-5-12/h2-5,10,13H,6-9H2,1H3,(H,16,17). The van der Waals surface area contributed by atoms with Crippen LogP contribution in [0.25, 0.3) is 0 Å². The van der Waals surface area contributed by atoms with E-state index in [0.717, 1.165) is 18.4 Å². The molecule has 0 radical (unpaired) electrons. The fourth-order valence-corrected chi connectivity index (χ4v) is 2.49. The Labute approximate surface area is 116 Å². The molecule has 2 rings (SSSR count). The maximum atomic E-state index is 11.9. The van der Waals surface area contributed by atoms with Crippen molar-refractivity contribution >= 4 is 21.8 Å². The second-order valence-corrected chi connectivity index (χ2v) is 5.23. The largest absolute Gasteiger partial charge is 0.378 e. The highest BCUT2D eigenvalue weighted by Crippen LogP contribution is 2.19. The first kappa shape index (κ1) is 13.6. The predicted molar refractivity (Wildman–Crippen MR) is 74.9 cm³/mol. The molecule has 3 nitrogen and oxygen atoms in total. The first-order valence-electron chi connectivity index (χ1n) is 6.25. The van der Waals surface area contributed by atoms with Crippen molar-refractivity contribution < 1.29 is 9.53 Å². The number of carbonyl (C=O) groups is 1. The van der Waals surface area contributed by atoms with E-state index < -0.39 is 0 Å². The minimum Gasteiger partial charge on any atom is -0.378 e. The van der Waals surface area contributed by atoms with Crippen LogP contribution in [0.4, 0.5) is 0 Å². The summed E-state index contributed by atoms with van der Waals surface area (Å²) in [4.78, 5) is 11.9. The minimum atomic E-state index is -0.00442. The number of rotatable bonds is 4. The van der Waals surface area contributed by atoms with Crippen molar-refractivity contribution in [2.45, 2.75) is 24.8 Å². The molecule has 1 amide bonds. The van der Waals surface area contributed by atoms with E-state index >= 15 is 0 Å². The van der Waals surface area contributed by atoms with Crippen LogP contribution < -0.4 is 5.32 Å². The SMILES string of the molecule is CC1OCCC1CNC(=O)c1ccc(CBr)cc1. The molecule has 1 aromatic carbocycles. The van der Waals surface area contributed by atoms with Crippen LogP contribution in [0.2, 0.25) is 0 Å². The molecule has 1 heterocycles. The highest BCUT2D eigenvalue weighted by atomic mass is 79.9. The van der Waals surface area contributed by atoms with Crippen LogP contribution >= 0.6 is 15.9 Å². The van der Waals surface area contributed by atoms with Gasteiger partial charge >= 0.3 is 0 Å². The monoisotopic (exact) mass is 311 g/mol. The Morgan fingerprint density at radius 2 is 2.17 bits per heavy atom. The molecule has 0 saturated carbocycles. The third kappa shape index (κ3) is 3.33. The van der Waals surface area contributed by atoms with Gasteiger partial charge in [-0.1, -0.05) is 28.1 Å². The van der Waals surface area contributed by atoms with E-state index in [-0.39, 0.29) is 12.0 Å². The molecule has 1 saturated heterocycles. The number of hydrogen-bond acceptors (Lipinski definition) is 2. The van der Waals surface area contributed by atoms with Crippen LogP contribution in [-0.2, 0) is 10.1 Å². The van der Waals surface area contributed by atoms with E-state index in [1.54, 1.807) is 0 Å². The normalized spacial score (nSPS) is 23.0. The van der Waals surface area contributed by atoms with Gasteiger partial charge in [0.1, 0.15) is 0 Å². The van der Waals surface area contributed by atoms with Crippen molar-refractivity contribution in [2.24, 2.45) is 5.92 Å². The van der Waals surface area contributed by atoms with Crippen LogP contribution in [0.3, 0.4) is 0 Å². The van der Waals surface area contributed by atoms with Gasteiger partial charge in [0, 0.05) is 30.0 Å². The molecule has 98 valence electrons. The Balaban J connectivity index is 1.87. The summed E-state index contributed by atoms with van der Waals surface area (Å²) < 4.78 is 5.48. The minimum absolute atomic E-state index is 0.00442. The quantitative estimate of drug-likeness (QED) is 0.868. The average molecular weight is 312 g/mol. The van der Waals surface area contributed by atoms with Crippen molar-refractivity contribution in [2.75, 3.05) is 13.2 Å². The summed E-state index contributed by atoms with van der Waals surface area (Å²) in [5, 5.41) is 3.79. The number of ether oxygens (including phenoxy) is 1. The van der Waals surface area contributed by atoms with E-state index in [1.165, 1.54) is 5.56 Å². The second-order valence-electron chi connectivity index (χ2n) is 4.67. The number of amides is 1. The zero-order valence-electron chi connectivity index (χ0n) is 10.5. The molecule has 1 aliphatic heterocycles. The van der Waals surface area contributed by atoms with Gasteiger partial charge in [-0.25, -0.2) is 0 Å².